The molecule has 0 aliphatic carbocycles. The standard InChI is InChI=1S/C19H21ClN2O6S/c1-26-17-11-13(18(27-2)10-12(17)20)21-19(23)16-8-9-22(29(3,24)25)14-6-4-5-7-15(14)28-16/h4-7,10-11,16H,8-9H2,1-3H3,(H,21,23). The van der Waals surface area contributed by atoms with Gasteiger partial charge in [-0.25, -0.2) is 8.42 Å². The van der Waals surface area contributed by atoms with E-state index in [0.717, 1.165) is 6.26 Å². The summed E-state index contributed by atoms with van der Waals surface area (Å²) >= 11 is 6.10. The van der Waals surface area contributed by atoms with Gasteiger partial charge in [-0.15, -0.1) is 0 Å². The van der Waals surface area contributed by atoms with E-state index in [0.29, 0.717) is 33.6 Å². The summed E-state index contributed by atoms with van der Waals surface area (Å²) in [7, 11) is -0.607. The molecule has 0 saturated heterocycles. The number of ether oxygens (including phenoxy) is 3. The number of para-hydroxylation sites is 2. The van der Waals surface area contributed by atoms with Crippen molar-refractivity contribution in [1.82, 2.24) is 0 Å². The van der Waals surface area contributed by atoms with Crippen LogP contribution in [0.2, 0.25) is 5.02 Å². The first-order valence-corrected chi connectivity index (χ1v) is 10.9. The third-order valence-electron chi connectivity index (χ3n) is 4.42. The largest absolute Gasteiger partial charge is 0.495 e. The number of carbonyl (C=O) groups excluding carboxylic acids is 1. The van der Waals surface area contributed by atoms with Crippen molar-refractivity contribution in [2.75, 3.05) is 36.6 Å². The smallest absolute Gasteiger partial charge is 0.265 e. The van der Waals surface area contributed by atoms with Crippen LogP contribution < -0.4 is 23.8 Å². The minimum atomic E-state index is -3.52. The molecule has 3 rings (SSSR count). The molecule has 1 unspecified atom stereocenters. The lowest BCUT2D eigenvalue weighted by Crippen LogP contribution is -2.36. The highest BCUT2D eigenvalue weighted by atomic mass is 35.5. The molecule has 2 aromatic carbocycles. The Balaban J connectivity index is 1.88. The van der Waals surface area contributed by atoms with Crippen LogP contribution in [0.1, 0.15) is 6.42 Å². The van der Waals surface area contributed by atoms with E-state index in [-0.39, 0.29) is 13.0 Å². The molecular weight excluding hydrogens is 420 g/mol. The van der Waals surface area contributed by atoms with Gasteiger partial charge in [0.15, 0.2) is 6.10 Å². The van der Waals surface area contributed by atoms with Gasteiger partial charge in [0.25, 0.3) is 5.91 Å². The van der Waals surface area contributed by atoms with Gasteiger partial charge >= 0.3 is 0 Å². The molecule has 0 radical (unpaired) electrons. The summed E-state index contributed by atoms with van der Waals surface area (Å²) in [4.78, 5) is 12.9. The van der Waals surface area contributed by atoms with E-state index < -0.39 is 22.0 Å². The Morgan fingerprint density at radius 1 is 1.21 bits per heavy atom. The molecule has 0 saturated carbocycles. The molecule has 1 aliphatic rings. The zero-order valence-electron chi connectivity index (χ0n) is 16.1. The SMILES string of the molecule is COc1cc(NC(=O)C2CCN(S(C)(=O)=O)c3ccccc3O2)c(OC)cc1Cl. The van der Waals surface area contributed by atoms with Crippen LogP contribution in [-0.2, 0) is 14.8 Å². The number of carbonyl (C=O) groups is 1. The molecule has 156 valence electrons. The fourth-order valence-electron chi connectivity index (χ4n) is 3.03. The van der Waals surface area contributed by atoms with E-state index in [2.05, 4.69) is 5.32 Å². The summed E-state index contributed by atoms with van der Waals surface area (Å²) in [6.07, 6.45) is 0.379. The summed E-state index contributed by atoms with van der Waals surface area (Å²) in [5.41, 5.74) is 0.760. The first-order valence-electron chi connectivity index (χ1n) is 8.70. The molecule has 1 N–H and O–H groups in total. The van der Waals surface area contributed by atoms with Crippen molar-refractivity contribution in [2.24, 2.45) is 0 Å². The van der Waals surface area contributed by atoms with Gasteiger partial charge in [-0.1, -0.05) is 23.7 Å². The zero-order valence-corrected chi connectivity index (χ0v) is 17.7. The van der Waals surface area contributed by atoms with Gasteiger partial charge in [0.05, 0.1) is 36.9 Å². The minimum Gasteiger partial charge on any atom is -0.495 e. The Labute approximate surface area is 174 Å². The van der Waals surface area contributed by atoms with Crippen molar-refractivity contribution in [3.63, 3.8) is 0 Å². The van der Waals surface area contributed by atoms with E-state index in [1.807, 2.05) is 0 Å². The zero-order chi connectivity index (χ0) is 21.2. The van der Waals surface area contributed by atoms with Gasteiger partial charge in [-0.2, -0.15) is 0 Å². The van der Waals surface area contributed by atoms with Crippen molar-refractivity contribution in [2.45, 2.75) is 12.5 Å². The van der Waals surface area contributed by atoms with Crippen LogP contribution in [0.15, 0.2) is 36.4 Å². The molecule has 0 spiro atoms. The number of sulfonamides is 1. The third-order valence-corrected chi connectivity index (χ3v) is 5.90. The van der Waals surface area contributed by atoms with E-state index >= 15 is 0 Å². The van der Waals surface area contributed by atoms with E-state index in [1.165, 1.54) is 24.6 Å². The van der Waals surface area contributed by atoms with E-state index in [1.54, 1.807) is 30.3 Å². The number of methoxy groups -OCH3 is 2. The van der Waals surface area contributed by atoms with Crippen LogP contribution in [-0.4, -0.2) is 47.4 Å². The number of amides is 1. The molecule has 8 nitrogen and oxygen atoms in total. The van der Waals surface area contributed by atoms with Crippen molar-refractivity contribution < 1.29 is 27.4 Å². The number of nitrogens with zero attached hydrogens (tertiary/aromatic N) is 1. The quantitative estimate of drug-likeness (QED) is 0.768. The highest BCUT2D eigenvalue weighted by molar-refractivity contribution is 7.92. The Kier molecular flexibility index (Phi) is 6.09. The second kappa shape index (κ2) is 8.38. The highest BCUT2D eigenvalue weighted by Gasteiger charge is 2.31. The predicted octanol–water partition coefficient (Wildman–Crippen LogP) is 2.91. The summed E-state index contributed by atoms with van der Waals surface area (Å²) in [6.45, 7) is 0.106. The molecular formula is C19H21ClN2O6S. The topological polar surface area (TPSA) is 94.2 Å². The number of rotatable bonds is 5. The van der Waals surface area contributed by atoms with Crippen LogP contribution in [0.3, 0.4) is 0 Å². The lowest BCUT2D eigenvalue weighted by atomic mass is 10.2. The van der Waals surface area contributed by atoms with E-state index in [9.17, 15) is 13.2 Å². The lowest BCUT2D eigenvalue weighted by Gasteiger charge is -2.20. The molecule has 2 aromatic rings. The van der Waals surface area contributed by atoms with Crippen LogP contribution in [0.5, 0.6) is 17.2 Å². The van der Waals surface area contributed by atoms with Crippen molar-refractivity contribution in [3.05, 3.63) is 41.4 Å². The Morgan fingerprint density at radius 2 is 1.90 bits per heavy atom. The number of nitrogens with one attached hydrogen (secondary N) is 1. The van der Waals surface area contributed by atoms with Crippen molar-refractivity contribution in [1.29, 1.82) is 0 Å². The lowest BCUT2D eigenvalue weighted by molar-refractivity contribution is -0.122. The summed E-state index contributed by atoms with van der Waals surface area (Å²) in [5.74, 6) is 0.600. The van der Waals surface area contributed by atoms with Gasteiger partial charge in [-0.05, 0) is 12.1 Å². The maximum absolute atomic E-state index is 12.9. The van der Waals surface area contributed by atoms with Crippen molar-refractivity contribution >= 4 is 38.9 Å². The molecule has 1 amide bonds. The number of hydrogen-bond acceptors (Lipinski definition) is 6. The first-order chi connectivity index (χ1) is 13.7. The first kappa shape index (κ1) is 21.1. The molecule has 0 fully saturated rings. The number of hydrogen-bond donors (Lipinski definition) is 1. The molecule has 0 aromatic heterocycles. The fourth-order valence-corrected chi connectivity index (χ4v) is 4.21. The fraction of sp³-hybridized carbons (Fsp3) is 0.316. The summed E-state index contributed by atoms with van der Waals surface area (Å²) < 4.78 is 41.9. The molecule has 10 heteroatoms. The third kappa shape index (κ3) is 4.51. The molecule has 0 bridgehead atoms. The average molecular weight is 441 g/mol. The molecule has 1 heterocycles. The number of benzene rings is 2. The van der Waals surface area contributed by atoms with Gasteiger partial charge in [0, 0.05) is 25.1 Å². The molecule has 1 atom stereocenters. The highest BCUT2D eigenvalue weighted by Crippen LogP contribution is 2.37. The van der Waals surface area contributed by atoms with Crippen LogP contribution >= 0.6 is 11.6 Å². The number of fused-ring (bicyclic) bond motifs is 1. The van der Waals surface area contributed by atoms with Gasteiger partial charge in [0.2, 0.25) is 10.0 Å². The van der Waals surface area contributed by atoms with Crippen LogP contribution in [0.4, 0.5) is 11.4 Å². The monoisotopic (exact) mass is 440 g/mol. The van der Waals surface area contributed by atoms with Gasteiger partial charge in [0.1, 0.15) is 17.2 Å². The average Bonchev–Trinajstić information content (AvgIpc) is 2.88. The minimum absolute atomic E-state index is 0.106. The second-order valence-corrected chi connectivity index (χ2v) is 8.69. The van der Waals surface area contributed by atoms with Crippen molar-refractivity contribution in [3.8, 4) is 17.2 Å². The van der Waals surface area contributed by atoms with Crippen LogP contribution in [0, 0.1) is 0 Å². The maximum Gasteiger partial charge on any atom is 0.265 e. The Morgan fingerprint density at radius 3 is 2.55 bits per heavy atom. The number of halogens is 1. The van der Waals surface area contributed by atoms with Crippen LogP contribution in [0.25, 0.3) is 0 Å². The van der Waals surface area contributed by atoms with Gasteiger partial charge in [-0.3, -0.25) is 9.10 Å². The predicted molar refractivity (Wildman–Crippen MR) is 111 cm³/mol. The van der Waals surface area contributed by atoms with Gasteiger partial charge < -0.3 is 19.5 Å². The normalized spacial score (nSPS) is 16.3. The summed E-state index contributed by atoms with van der Waals surface area (Å²) in [5, 5.41) is 3.09. The molecule has 1 aliphatic heterocycles. The summed E-state index contributed by atoms with van der Waals surface area (Å²) in [6, 6.07) is 9.78. The second-order valence-electron chi connectivity index (χ2n) is 6.37. The number of anilines is 2. The maximum atomic E-state index is 12.9. The molecule has 29 heavy (non-hydrogen) atoms. The van der Waals surface area contributed by atoms with E-state index in [4.69, 9.17) is 25.8 Å². The Bertz CT molecular complexity index is 1030. The Hall–Kier alpha value is -2.65.